The lowest BCUT2D eigenvalue weighted by molar-refractivity contribution is 0.143. The topological polar surface area (TPSA) is 53.2 Å². The SMILES string of the molecule is Cc1cccc(OCCC(O)CC#N)c1C. The van der Waals surface area contributed by atoms with E-state index in [-0.39, 0.29) is 6.42 Å². The van der Waals surface area contributed by atoms with Gasteiger partial charge in [-0.2, -0.15) is 5.26 Å². The molecule has 0 aliphatic heterocycles. The summed E-state index contributed by atoms with van der Waals surface area (Å²) in [5.74, 6) is 0.851. The number of nitriles is 1. The smallest absolute Gasteiger partial charge is 0.122 e. The standard InChI is InChI=1S/C13H17NO2/c1-10-4-3-5-13(11(10)2)16-9-7-12(15)6-8-14/h3-5,12,15H,6-7,9H2,1-2H3. The van der Waals surface area contributed by atoms with E-state index in [1.807, 2.05) is 38.1 Å². The van der Waals surface area contributed by atoms with E-state index in [0.717, 1.165) is 11.3 Å². The molecule has 3 nitrogen and oxygen atoms in total. The van der Waals surface area contributed by atoms with Crippen molar-refractivity contribution >= 4 is 0 Å². The predicted molar refractivity (Wildman–Crippen MR) is 62.3 cm³/mol. The molecule has 0 aromatic heterocycles. The molecule has 86 valence electrons. The summed E-state index contributed by atoms with van der Waals surface area (Å²) in [4.78, 5) is 0. The van der Waals surface area contributed by atoms with Crippen LogP contribution in [0.4, 0.5) is 0 Å². The molecule has 0 aliphatic carbocycles. The van der Waals surface area contributed by atoms with E-state index >= 15 is 0 Å². The molecule has 16 heavy (non-hydrogen) atoms. The normalized spacial score (nSPS) is 11.9. The van der Waals surface area contributed by atoms with Crippen LogP contribution in [-0.4, -0.2) is 17.8 Å². The Bertz CT molecular complexity index is 382. The molecule has 1 aromatic carbocycles. The van der Waals surface area contributed by atoms with E-state index < -0.39 is 6.10 Å². The first kappa shape index (κ1) is 12.5. The maximum Gasteiger partial charge on any atom is 0.122 e. The Balaban J connectivity index is 2.44. The molecule has 0 bridgehead atoms. The Morgan fingerprint density at radius 3 is 2.88 bits per heavy atom. The summed E-state index contributed by atoms with van der Waals surface area (Å²) in [6.45, 7) is 4.48. The second-order valence-electron chi connectivity index (χ2n) is 3.85. The Kier molecular flexibility index (Phi) is 4.81. The number of ether oxygens (including phenoxy) is 1. The Morgan fingerprint density at radius 2 is 2.19 bits per heavy atom. The summed E-state index contributed by atoms with van der Waals surface area (Å²) in [6.07, 6.45) is 0.0620. The number of benzene rings is 1. The van der Waals surface area contributed by atoms with E-state index in [0.29, 0.717) is 13.0 Å². The number of aliphatic hydroxyl groups excluding tert-OH is 1. The number of aliphatic hydroxyl groups is 1. The molecular formula is C13H17NO2. The first-order chi connectivity index (χ1) is 7.65. The fourth-order valence-corrected chi connectivity index (χ4v) is 1.39. The number of nitrogens with zero attached hydrogens (tertiary/aromatic N) is 1. The maximum atomic E-state index is 9.35. The molecule has 0 saturated heterocycles. The highest BCUT2D eigenvalue weighted by molar-refractivity contribution is 5.38. The van der Waals surface area contributed by atoms with Crippen LogP contribution < -0.4 is 4.74 Å². The average molecular weight is 219 g/mol. The van der Waals surface area contributed by atoms with Gasteiger partial charge in [-0.25, -0.2) is 0 Å². The van der Waals surface area contributed by atoms with Crippen molar-refractivity contribution in [2.24, 2.45) is 0 Å². The van der Waals surface area contributed by atoms with Crippen molar-refractivity contribution in [2.45, 2.75) is 32.8 Å². The number of aryl methyl sites for hydroxylation is 1. The van der Waals surface area contributed by atoms with Gasteiger partial charge in [0.2, 0.25) is 0 Å². The number of rotatable bonds is 5. The van der Waals surface area contributed by atoms with Gasteiger partial charge in [0.15, 0.2) is 0 Å². The molecule has 1 rings (SSSR count). The van der Waals surface area contributed by atoms with E-state index in [2.05, 4.69) is 0 Å². The fraction of sp³-hybridized carbons (Fsp3) is 0.462. The molecule has 1 N–H and O–H groups in total. The largest absolute Gasteiger partial charge is 0.493 e. The van der Waals surface area contributed by atoms with Crippen LogP contribution in [0.15, 0.2) is 18.2 Å². The molecule has 1 unspecified atom stereocenters. The van der Waals surface area contributed by atoms with E-state index in [1.165, 1.54) is 5.56 Å². The van der Waals surface area contributed by atoms with Crippen molar-refractivity contribution in [3.05, 3.63) is 29.3 Å². The minimum absolute atomic E-state index is 0.163. The summed E-state index contributed by atoms with van der Waals surface area (Å²) in [7, 11) is 0. The lowest BCUT2D eigenvalue weighted by Crippen LogP contribution is -2.11. The molecule has 0 aliphatic rings. The van der Waals surface area contributed by atoms with Gasteiger partial charge in [0, 0.05) is 6.42 Å². The summed E-state index contributed by atoms with van der Waals surface area (Å²) in [5.41, 5.74) is 2.31. The minimum Gasteiger partial charge on any atom is -0.493 e. The highest BCUT2D eigenvalue weighted by Crippen LogP contribution is 2.20. The third kappa shape index (κ3) is 3.56. The lowest BCUT2D eigenvalue weighted by Gasteiger charge is -2.12. The van der Waals surface area contributed by atoms with Crippen LogP contribution in [-0.2, 0) is 0 Å². The third-order valence-electron chi connectivity index (χ3n) is 2.59. The maximum absolute atomic E-state index is 9.35. The van der Waals surface area contributed by atoms with Gasteiger partial charge in [-0.3, -0.25) is 0 Å². The Hall–Kier alpha value is -1.53. The quantitative estimate of drug-likeness (QED) is 0.827. The van der Waals surface area contributed by atoms with Crippen LogP contribution in [0, 0.1) is 25.2 Å². The van der Waals surface area contributed by atoms with Gasteiger partial charge in [-0.15, -0.1) is 0 Å². The van der Waals surface area contributed by atoms with Crippen molar-refractivity contribution < 1.29 is 9.84 Å². The van der Waals surface area contributed by atoms with Crippen LogP contribution >= 0.6 is 0 Å². The fourth-order valence-electron chi connectivity index (χ4n) is 1.39. The Morgan fingerprint density at radius 1 is 1.44 bits per heavy atom. The molecule has 0 spiro atoms. The highest BCUT2D eigenvalue weighted by Gasteiger charge is 2.05. The van der Waals surface area contributed by atoms with E-state index in [9.17, 15) is 5.11 Å². The van der Waals surface area contributed by atoms with Crippen molar-refractivity contribution in [3.63, 3.8) is 0 Å². The van der Waals surface area contributed by atoms with Gasteiger partial charge < -0.3 is 9.84 Å². The summed E-state index contributed by atoms with van der Waals surface area (Å²) in [6, 6.07) is 7.83. The van der Waals surface area contributed by atoms with Crippen LogP contribution in [0.5, 0.6) is 5.75 Å². The predicted octanol–water partition coefficient (Wildman–Crippen LogP) is 2.35. The molecule has 0 fully saturated rings. The molecular weight excluding hydrogens is 202 g/mol. The first-order valence-electron chi connectivity index (χ1n) is 5.39. The molecule has 0 saturated carbocycles. The van der Waals surface area contributed by atoms with Crippen molar-refractivity contribution in [1.82, 2.24) is 0 Å². The zero-order chi connectivity index (χ0) is 12.0. The van der Waals surface area contributed by atoms with Crippen LogP contribution in [0.25, 0.3) is 0 Å². The van der Waals surface area contributed by atoms with Gasteiger partial charge >= 0.3 is 0 Å². The van der Waals surface area contributed by atoms with E-state index in [1.54, 1.807) is 0 Å². The monoisotopic (exact) mass is 219 g/mol. The summed E-state index contributed by atoms with van der Waals surface area (Å²) < 4.78 is 5.57. The second kappa shape index (κ2) is 6.14. The molecule has 1 aromatic rings. The molecule has 0 radical (unpaired) electrons. The van der Waals surface area contributed by atoms with Gasteiger partial charge in [-0.1, -0.05) is 12.1 Å². The zero-order valence-corrected chi connectivity index (χ0v) is 9.73. The number of hydrogen-bond acceptors (Lipinski definition) is 3. The van der Waals surface area contributed by atoms with Crippen LogP contribution in [0.2, 0.25) is 0 Å². The van der Waals surface area contributed by atoms with Gasteiger partial charge in [0.25, 0.3) is 0 Å². The summed E-state index contributed by atoms with van der Waals surface area (Å²) in [5, 5.41) is 17.7. The van der Waals surface area contributed by atoms with Gasteiger partial charge in [-0.05, 0) is 31.0 Å². The zero-order valence-electron chi connectivity index (χ0n) is 9.73. The first-order valence-corrected chi connectivity index (χ1v) is 5.39. The van der Waals surface area contributed by atoms with E-state index in [4.69, 9.17) is 10.00 Å². The van der Waals surface area contributed by atoms with Crippen LogP contribution in [0.1, 0.15) is 24.0 Å². The minimum atomic E-state index is -0.588. The lowest BCUT2D eigenvalue weighted by atomic mass is 10.1. The highest BCUT2D eigenvalue weighted by atomic mass is 16.5. The molecule has 0 amide bonds. The van der Waals surface area contributed by atoms with Gasteiger partial charge in [0.05, 0.1) is 25.2 Å². The van der Waals surface area contributed by atoms with Crippen molar-refractivity contribution in [3.8, 4) is 11.8 Å². The van der Waals surface area contributed by atoms with Crippen molar-refractivity contribution in [1.29, 1.82) is 5.26 Å². The summed E-state index contributed by atoms with van der Waals surface area (Å²) >= 11 is 0. The third-order valence-corrected chi connectivity index (χ3v) is 2.59. The molecule has 0 heterocycles. The second-order valence-corrected chi connectivity index (χ2v) is 3.85. The van der Waals surface area contributed by atoms with Gasteiger partial charge in [0.1, 0.15) is 5.75 Å². The average Bonchev–Trinajstić information content (AvgIpc) is 2.25. The van der Waals surface area contributed by atoms with Crippen LogP contribution in [0.3, 0.4) is 0 Å². The molecule has 3 heteroatoms. The molecule has 1 atom stereocenters. The Labute approximate surface area is 96.3 Å². The number of hydrogen-bond donors (Lipinski definition) is 1. The van der Waals surface area contributed by atoms with Crippen molar-refractivity contribution in [2.75, 3.05) is 6.61 Å².